The van der Waals surface area contributed by atoms with Crippen LogP contribution in [0.2, 0.25) is 0 Å². The molecule has 1 N–H and O–H groups in total. The zero-order valence-corrected chi connectivity index (χ0v) is 13.3. The highest BCUT2D eigenvalue weighted by atomic mass is 16.4. The summed E-state index contributed by atoms with van der Waals surface area (Å²) in [6.45, 7) is 5.82. The topological polar surface area (TPSA) is 60.9 Å². The molecule has 2 heterocycles. The van der Waals surface area contributed by atoms with E-state index < -0.39 is 5.97 Å². The smallest absolute Gasteiger partial charge is 0.320 e. The van der Waals surface area contributed by atoms with Gasteiger partial charge < -0.3 is 14.9 Å². The van der Waals surface area contributed by atoms with E-state index in [1.807, 2.05) is 9.80 Å². The molecule has 2 amide bonds. The number of carboxylic acid groups (broad SMARTS) is 1. The summed E-state index contributed by atoms with van der Waals surface area (Å²) in [4.78, 5) is 27.5. The van der Waals surface area contributed by atoms with Gasteiger partial charge in [0.15, 0.2) is 0 Å². The van der Waals surface area contributed by atoms with Crippen LogP contribution in [-0.2, 0) is 4.79 Å². The lowest BCUT2D eigenvalue weighted by atomic mass is 9.93. The second kappa shape index (κ2) is 7.14. The molecular weight excluding hydrogens is 268 g/mol. The Morgan fingerprint density at radius 2 is 1.76 bits per heavy atom. The SMILES string of the molecule is CC1CCCC(C)N1C(=O)N1CCCC(CCC(=O)O)C1. The van der Waals surface area contributed by atoms with Crippen LogP contribution in [0.1, 0.15) is 58.8 Å². The first-order chi connectivity index (χ1) is 9.99. The van der Waals surface area contributed by atoms with Crippen LogP contribution < -0.4 is 0 Å². The predicted octanol–water partition coefficient (Wildman–Crippen LogP) is 2.95. The van der Waals surface area contributed by atoms with Crippen LogP contribution in [0.3, 0.4) is 0 Å². The van der Waals surface area contributed by atoms with Crippen LogP contribution in [-0.4, -0.2) is 52.1 Å². The van der Waals surface area contributed by atoms with E-state index >= 15 is 0 Å². The number of likely N-dealkylation sites (tertiary alicyclic amines) is 2. The molecule has 0 radical (unpaired) electrons. The van der Waals surface area contributed by atoms with Gasteiger partial charge in [0.25, 0.3) is 0 Å². The average Bonchev–Trinajstić information content (AvgIpc) is 2.45. The van der Waals surface area contributed by atoms with Crippen molar-refractivity contribution in [2.75, 3.05) is 13.1 Å². The van der Waals surface area contributed by atoms with E-state index in [9.17, 15) is 9.59 Å². The number of aliphatic carboxylic acids is 1. The molecule has 120 valence electrons. The van der Waals surface area contributed by atoms with Crippen molar-refractivity contribution in [1.82, 2.24) is 9.80 Å². The van der Waals surface area contributed by atoms with Crippen molar-refractivity contribution in [2.45, 2.75) is 70.9 Å². The maximum Gasteiger partial charge on any atom is 0.320 e. The number of rotatable bonds is 3. The Morgan fingerprint density at radius 1 is 1.10 bits per heavy atom. The summed E-state index contributed by atoms with van der Waals surface area (Å²) in [5.74, 6) is -0.397. The van der Waals surface area contributed by atoms with Crippen LogP contribution in [0.15, 0.2) is 0 Å². The van der Waals surface area contributed by atoms with E-state index in [0.717, 1.165) is 38.8 Å². The standard InChI is InChI=1S/C16H28N2O3/c1-12-5-3-6-13(2)18(12)16(21)17-10-4-7-14(11-17)8-9-15(19)20/h12-14H,3-11H2,1-2H3,(H,19,20). The fourth-order valence-electron chi connectivity index (χ4n) is 3.76. The Balaban J connectivity index is 1.93. The maximum atomic E-state index is 12.8. The fourth-order valence-corrected chi connectivity index (χ4v) is 3.76. The molecule has 0 aromatic carbocycles. The molecule has 5 heteroatoms. The van der Waals surface area contributed by atoms with E-state index in [4.69, 9.17) is 5.11 Å². The van der Waals surface area contributed by atoms with Gasteiger partial charge in [-0.25, -0.2) is 4.79 Å². The molecule has 2 fully saturated rings. The lowest BCUT2D eigenvalue weighted by Gasteiger charge is -2.43. The molecular formula is C16H28N2O3. The first-order valence-corrected chi connectivity index (χ1v) is 8.28. The number of nitrogens with zero attached hydrogens (tertiary/aromatic N) is 2. The first-order valence-electron chi connectivity index (χ1n) is 8.28. The summed E-state index contributed by atoms with van der Waals surface area (Å²) in [7, 11) is 0. The zero-order chi connectivity index (χ0) is 15.4. The molecule has 0 aromatic heterocycles. The molecule has 2 aliphatic rings. The van der Waals surface area contributed by atoms with Crippen LogP contribution in [0.25, 0.3) is 0 Å². The van der Waals surface area contributed by atoms with Crippen molar-refractivity contribution in [3.63, 3.8) is 0 Å². The number of amides is 2. The molecule has 0 saturated carbocycles. The van der Waals surface area contributed by atoms with E-state index in [2.05, 4.69) is 13.8 Å². The third kappa shape index (κ3) is 4.11. The van der Waals surface area contributed by atoms with Crippen molar-refractivity contribution in [1.29, 1.82) is 0 Å². The van der Waals surface area contributed by atoms with Gasteiger partial charge in [0.05, 0.1) is 0 Å². The van der Waals surface area contributed by atoms with E-state index in [1.165, 1.54) is 6.42 Å². The van der Waals surface area contributed by atoms with Gasteiger partial charge in [-0.3, -0.25) is 4.79 Å². The highest BCUT2D eigenvalue weighted by molar-refractivity contribution is 5.75. The molecule has 3 unspecified atom stereocenters. The summed E-state index contributed by atoms with van der Waals surface area (Å²) in [5, 5.41) is 8.80. The van der Waals surface area contributed by atoms with E-state index in [0.29, 0.717) is 24.4 Å². The molecule has 2 rings (SSSR count). The van der Waals surface area contributed by atoms with Gasteiger partial charge >= 0.3 is 12.0 Å². The average molecular weight is 296 g/mol. The highest BCUT2D eigenvalue weighted by Crippen LogP contribution is 2.27. The van der Waals surface area contributed by atoms with Gasteiger partial charge in [0.1, 0.15) is 0 Å². The summed E-state index contributed by atoms with van der Waals surface area (Å²) >= 11 is 0. The molecule has 21 heavy (non-hydrogen) atoms. The quantitative estimate of drug-likeness (QED) is 0.871. The number of hydrogen-bond donors (Lipinski definition) is 1. The summed E-state index contributed by atoms with van der Waals surface area (Å²) in [6, 6.07) is 0.802. The van der Waals surface area contributed by atoms with Crippen molar-refractivity contribution < 1.29 is 14.7 Å². The monoisotopic (exact) mass is 296 g/mol. The van der Waals surface area contributed by atoms with Crippen LogP contribution in [0.5, 0.6) is 0 Å². The zero-order valence-electron chi connectivity index (χ0n) is 13.3. The van der Waals surface area contributed by atoms with Gasteiger partial charge in [-0.05, 0) is 58.3 Å². The normalized spacial score (nSPS) is 30.3. The van der Waals surface area contributed by atoms with Crippen LogP contribution >= 0.6 is 0 Å². The van der Waals surface area contributed by atoms with Gasteiger partial charge in [0, 0.05) is 31.6 Å². The number of carbonyl (C=O) groups is 2. The lowest BCUT2D eigenvalue weighted by molar-refractivity contribution is -0.137. The van der Waals surface area contributed by atoms with E-state index in [-0.39, 0.29) is 12.5 Å². The Morgan fingerprint density at radius 3 is 2.38 bits per heavy atom. The number of hydrogen-bond acceptors (Lipinski definition) is 2. The first kappa shape index (κ1) is 16.1. The van der Waals surface area contributed by atoms with Gasteiger partial charge in [0.2, 0.25) is 0 Å². The minimum atomic E-state index is -0.739. The van der Waals surface area contributed by atoms with Crippen molar-refractivity contribution in [3.8, 4) is 0 Å². The Hall–Kier alpha value is -1.26. The van der Waals surface area contributed by atoms with Crippen molar-refractivity contribution in [2.24, 2.45) is 5.92 Å². The molecule has 0 bridgehead atoms. The summed E-state index contributed by atoms with van der Waals surface area (Å²) in [5.41, 5.74) is 0. The molecule has 3 atom stereocenters. The van der Waals surface area contributed by atoms with Crippen LogP contribution in [0.4, 0.5) is 4.79 Å². The third-order valence-corrected chi connectivity index (χ3v) is 4.97. The van der Waals surface area contributed by atoms with E-state index in [1.54, 1.807) is 0 Å². The van der Waals surface area contributed by atoms with Crippen molar-refractivity contribution in [3.05, 3.63) is 0 Å². The number of urea groups is 1. The summed E-state index contributed by atoms with van der Waals surface area (Å²) in [6.07, 6.45) is 6.31. The Labute approximate surface area is 127 Å². The Bertz CT molecular complexity index is 376. The highest BCUT2D eigenvalue weighted by Gasteiger charge is 2.34. The molecule has 0 aromatic rings. The Kier molecular flexibility index (Phi) is 5.48. The molecule has 2 aliphatic heterocycles. The molecule has 0 spiro atoms. The molecule has 2 saturated heterocycles. The third-order valence-electron chi connectivity index (χ3n) is 4.97. The number of carboxylic acids is 1. The maximum absolute atomic E-state index is 12.8. The fraction of sp³-hybridized carbons (Fsp3) is 0.875. The van der Waals surface area contributed by atoms with Crippen molar-refractivity contribution >= 4 is 12.0 Å². The molecule has 5 nitrogen and oxygen atoms in total. The summed E-state index contributed by atoms with van der Waals surface area (Å²) < 4.78 is 0. The lowest BCUT2D eigenvalue weighted by Crippen LogP contribution is -2.55. The second-order valence-corrected chi connectivity index (χ2v) is 6.71. The number of piperidine rings is 2. The van der Waals surface area contributed by atoms with Gasteiger partial charge in [-0.15, -0.1) is 0 Å². The predicted molar refractivity (Wildman–Crippen MR) is 81.2 cm³/mol. The minimum absolute atomic E-state index is 0.162. The minimum Gasteiger partial charge on any atom is -0.481 e. The molecule has 0 aliphatic carbocycles. The van der Waals surface area contributed by atoms with Crippen LogP contribution in [0, 0.1) is 5.92 Å². The largest absolute Gasteiger partial charge is 0.481 e. The van der Waals surface area contributed by atoms with Gasteiger partial charge in [-0.2, -0.15) is 0 Å². The number of carbonyl (C=O) groups excluding carboxylic acids is 1. The van der Waals surface area contributed by atoms with Gasteiger partial charge in [-0.1, -0.05) is 0 Å². The second-order valence-electron chi connectivity index (χ2n) is 6.71.